The molecule has 1 atom stereocenters. The highest BCUT2D eigenvalue weighted by atomic mass is 79.9. The molecule has 0 saturated heterocycles. The van der Waals surface area contributed by atoms with Gasteiger partial charge in [-0.3, -0.25) is 4.79 Å². The summed E-state index contributed by atoms with van der Waals surface area (Å²) in [5.74, 6) is -0.0585. The molecule has 1 rings (SSSR count). The van der Waals surface area contributed by atoms with E-state index in [4.69, 9.17) is 11.6 Å². The van der Waals surface area contributed by atoms with Crippen LogP contribution < -0.4 is 10.6 Å². The highest BCUT2D eigenvalue weighted by Gasteiger charge is 2.11. The van der Waals surface area contributed by atoms with Gasteiger partial charge in [-0.1, -0.05) is 11.6 Å². The predicted octanol–water partition coefficient (Wildman–Crippen LogP) is 2.65. The smallest absolute Gasteiger partial charge is 0.241 e. The molecule has 0 aromatic heterocycles. The molecule has 0 spiro atoms. The van der Waals surface area contributed by atoms with E-state index in [1.165, 1.54) is 0 Å². The molecule has 3 nitrogen and oxygen atoms in total. The molecule has 0 fully saturated rings. The van der Waals surface area contributed by atoms with Crippen LogP contribution in [0.25, 0.3) is 0 Å². The molecule has 5 heteroatoms. The number of likely N-dealkylation sites (N-methyl/N-ethyl adjacent to an activating group) is 1. The van der Waals surface area contributed by atoms with Gasteiger partial charge in [-0.2, -0.15) is 0 Å². The number of amides is 1. The van der Waals surface area contributed by atoms with Crippen LogP contribution in [0.3, 0.4) is 0 Å². The summed E-state index contributed by atoms with van der Waals surface area (Å²) >= 11 is 9.17. The number of benzene rings is 1. The van der Waals surface area contributed by atoms with Gasteiger partial charge in [0.25, 0.3) is 0 Å². The molecule has 0 heterocycles. The van der Waals surface area contributed by atoms with Gasteiger partial charge < -0.3 is 10.6 Å². The van der Waals surface area contributed by atoms with Crippen LogP contribution in [0.1, 0.15) is 6.92 Å². The molecule has 0 aliphatic heterocycles. The Bertz CT molecular complexity index is 370. The van der Waals surface area contributed by atoms with Crippen LogP contribution in [0.2, 0.25) is 5.02 Å². The van der Waals surface area contributed by atoms with Gasteiger partial charge in [0, 0.05) is 22.2 Å². The minimum atomic E-state index is -0.285. The minimum Gasteiger partial charge on any atom is -0.373 e. The van der Waals surface area contributed by atoms with Crippen molar-refractivity contribution in [2.75, 3.05) is 12.4 Å². The van der Waals surface area contributed by atoms with Crippen molar-refractivity contribution in [1.29, 1.82) is 0 Å². The van der Waals surface area contributed by atoms with E-state index in [0.29, 0.717) is 5.02 Å². The van der Waals surface area contributed by atoms with E-state index in [1.54, 1.807) is 26.1 Å². The molecular weight excluding hydrogens is 279 g/mol. The zero-order chi connectivity index (χ0) is 11.4. The van der Waals surface area contributed by atoms with Gasteiger partial charge in [0.1, 0.15) is 6.04 Å². The Hall–Kier alpha value is -0.740. The Morgan fingerprint density at radius 1 is 1.53 bits per heavy atom. The maximum absolute atomic E-state index is 11.3. The number of carbonyl (C=O) groups excluding carboxylic acids is 1. The Kier molecular flexibility index (Phi) is 4.42. The molecular formula is C10H12BrClN2O. The van der Waals surface area contributed by atoms with E-state index >= 15 is 0 Å². The summed E-state index contributed by atoms with van der Waals surface area (Å²) < 4.78 is 0.839. The Balaban J connectivity index is 2.76. The molecule has 1 aromatic rings. The number of nitrogens with one attached hydrogen (secondary N) is 2. The third-order valence-corrected chi connectivity index (χ3v) is 2.83. The summed E-state index contributed by atoms with van der Waals surface area (Å²) in [6.07, 6.45) is 0. The van der Waals surface area contributed by atoms with E-state index in [1.807, 2.05) is 6.07 Å². The quantitative estimate of drug-likeness (QED) is 0.899. The van der Waals surface area contributed by atoms with Gasteiger partial charge >= 0.3 is 0 Å². The molecule has 82 valence electrons. The first kappa shape index (κ1) is 12.3. The average molecular weight is 292 g/mol. The second-order valence-electron chi connectivity index (χ2n) is 3.10. The molecule has 0 aliphatic carbocycles. The predicted molar refractivity (Wildman–Crippen MR) is 66.3 cm³/mol. The Morgan fingerprint density at radius 3 is 2.73 bits per heavy atom. The lowest BCUT2D eigenvalue weighted by atomic mass is 10.2. The van der Waals surface area contributed by atoms with Crippen molar-refractivity contribution in [3.8, 4) is 0 Å². The Morgan fingerprint density at radius 2 is 2.20 bits per heavy atom. The largest absolute Gasteiger partial charge is 0.373 e. The van der Waals surface area contributed by atoms with E-state index in [9.17, 15) is 4.79 Å². The summed E-state index contributed by atoms with van der Waals surface area (Å²) in [7, 11) is 1.61. The number of anilines is 1. The minimum absolute atomic E-state index is 0.0585. The monoisotopic (exact) mass is 290 g/mol. The van der Waals surface area contributed by atoms with Crippen LogP contribution in [-0.4, -0.2) is 19.0 Å². The molecule has 15 heavy (non-hydrogen) atoms. The molecule has 1 amide bonds. The summed E-state index contributed by atoms with van der Waals surface area (Å²) in [5, 5.41) is 6.30. The number of rotatable bonds is 3. The fourth-order valence-corrected chi connectivity index (χ4v) is 1.92. The van der Waals surface area contributed by atoms with Crippen LogP contribution in [0.5, 0.6) is 0 Å². The first-order chi connectivity index (χ1) is 7.04. The van der Waals surface area contributed by atoms with Crippen LogP contribution in [-0.2, 0) is 4.79 Å². The first-order valence-electron chi connectivity index (χ1n) is 4.47. The van der Waals surface area contributed by atoms with Crippen molar-refractivity contribution >= 4 is 39.1 Å². The number of hydrogen-bond acceptors (Lipinski definition) is 2. The standard InChI is InChI=1S/C10H12BrClN2O/c1-6(10(15)13-2)14-9-4-3-7(12)5-8(9)11/h3-6,14H,1-2H3,(H,13,15). The molecule has 1 aromatic carbocycles. The maximum Gasteiger partial charge on any atom is 0.241 e. The lowest BCUT2D eigenvalue weighted by Gasteiger charge is -2.14. The van der Waals surface area contributed by atoms with Gasteiger partial charge in [-0.25, -0.2) is 0 Å². The lowest BCUT2D eigenvalue weighted by molar-refractivity contribution is -0.121. The molecule has 1 unspecified atom stereocenters. The second kappa shape index (κ2) is 5.37. The molecule has 0 bridgehead atoms. The van der Waals surface area contributed by atoms with Gasteiger partial charge in [0.2, 0.25) is 5.91 Å². The summed E-state index contributed by atoms with van der Waals surface area (Å²) in [6, 6.07) is 5.09. The number of carbonyl (C=O) groups is 1. The van der Waals surface area contributed by atoms with E-state index in [0.717, 1.165) is 10.2 Å². The van der Waals surface area contributed by atoms with Crippen molar-refractivity contribution in [2.24, 2.45) is 0 Å². The van der Waals surface area contributed by atoms with Gasteiger partial charge in [-0.05, 0) is 41.1 Å². The zero-order valence-electron chi connectivity index (χ0n) is 8.47. The van der Waals surface area contributed by atoms with E-state index in [2.05, 4.69) is 26.6 Å². The van der Waals surface area contributed by atoms with Gasteiger partial charge in [0.15, 0.2) is 0 Å². The number of hydrogen-bond donors (Lipinski definition) is 2. The third kappa shape index (κ3) is 3.39. The van der Waals surface area contributed by atoms with Gasteiger partial charge in [-0.15, -0.1) is 0 Å². The summed E-state index contributed by atoms with van der Waals surface area (Å²) in [5.41, 5.74) is 0.843. The normalized spacial score (nSPS) is 12.0. The maximum atomic E-state index is 11.3. The highest BCUT2D eigenvalue weighted by Crippen LogP contribution is 2.26. The third-order valence-electron chi connectivity index (χ3n) is 1.94. The Labute approximate surface area is 102 Å². The summed E-state index contributed by atoms with van der Waals surface area (Å²) in [6.45, 7) is 1.79. The van der Waals surface area contributed by atoms with Crippen LogP contribution in [0.15, 0.2) is 22.7 Å². The molecule has 0 aliphatic rings. The lowest BCUT2D eigenvalue weighted by Crippen LogP contribution is -2.35. The van der Waals surface area contributed by atoms with Crippen molar-refractivity contribution in [1.82, 2.24) is 5.32 Å². The molecule has 0 radical (unpaired) electrons. The van der Waals surface area contributed by atoms with E-state index in [-0.39, 0.29) is 11.9 Å². The SMILES string of the molecule is CNC(=O)C(C)Nc1ccc(Cl)cc1Br. The zero-order valence-corrected chi connectivity index (χ0v) is 10.8. The average Bonchev–Trinajstić information content (AvgIpc) is 2.20. The topological polar surface area (TPSA) is 41.1 Å². The van der Waals surface area contributed by atoms with Crippen molar-refractivity contribution < 1.29 is 4.79 Å². The van der Waals surface area contributed by atoms with E-state index < -0.39 is 0 Å². The fourth-order valence-electron chi connectivity index (χ4n) is 1.12. The molecule has 0 saturated carbocycles. The fraction of sp³-hybridized carbons (Fsp3) is 0.300. The van der Waals surface area contributed by atoms with Crippen LogP contribution >= 0.6 is 27.5 Å². The number of halogens is 2. The second-order valence-corrected chi connectivity index (χ2v) is 4.40. The molecule has 2 N–H and O–H groups in total. The van der Waals surface area contributed by atoms with Crippen molar-refractivity contribution in [2.45, 2.75) is 13.0 Å². The highest BCUT2D eigenvalue weighted by molar-refractivity contribution is 9.10. The van der Waals surface area contributed by atoms with Crippen LogP contribution in [0, 0.1) is 0 Å². The van der Waals surface area contributed by atoms with Crippen LogP contribution in [0.4, 0.5) is 5.69 Å². The van der Waals surface area contributed by atoms with Crippen molar-refractivity contribution in [3.63, 3.8) is 0 Å². The first-order valence-corrected chi connectivity index (χ1v) is 5.65. The van der Waals surface area contributed by atoms with Crippen molar-refractivity contribution in [3.05, 3.63) is 27.7 Å². The van der Waals surface area contributed by atoms with Gasteiger partial charge in [0.05, 0.1) is 0 Å². The summed E-state index contributed by atoms with van der Waals surface area (Å²) in [4.78, 5) is 11.3.